The number of benzene rings is 1. The largest absolute Gasteiger partial charge is 0.493 e. The molecule has 34 heavy (non-hydrogen) atoms. The fraction of sp³-hybridized carbons (Fsp3) is 0.417. The number of hydrogen-bond donors (Lipinski definition) is 3. The van der Waals surface area contributed by atoms with Gasteiger partial charge in [-0.15, -0.1) is 0 Å². The number of fused-ring (bicyclic) bond motifs is 2. The van der Waals surface area contributed by atoms with Crippen LogP contribution >= 0.6 is 0 Å². The van der Waals surface area contributed by atoms with Crippen molar-refractivity contribution in [2.24, 2.45) is 0 Å². The lowest BCUT2D eigenvalue weighted by molar-refractivity contribution is -0.130. The quantitative estimate of drug-likeness (QED) is 0.587. The molecule has 0 saturated carbocycles. The molecule has 3 heterocycles. The number of carbonyl (C=O) groups excluding carboxylic acids is 2. The molecule has 2 aliphatic rings. The van der Waals surface area contributed by atoms with Gasteiger partial charge in [-0.2, -0.15) is 0 Å². The second-order valence-electron chi connectivity index (χ2n) is 8.22. The normalized spacial score (nSPS) is 18.9. The van der Waals surface area contributed by atoms with Crippen molar-refractivity contribution in [1.29, 1.82) is 0 Å². The zero-order chi connectivity index (χ0) is 23.9. The van der Waals surface area contributed by atoms with E-state index in [1.54, 1.807) is 18.2 Å². The standard InChI is InChI=1S/C24H30N6O4/c1-30-11-6-10-25-22-21-17(24(32)29-23(21)28-15-27-22)14-26-16-8-9-18(33-2)19(13-16)34-12-5-3-4-7-20(30)31/h8-9,13-15,26H,3-7,10-12H2,1-2H3,(H2,25,27,28,29,32)/b17-14-. The Morgan fingerprint density at radius 2 is 1.94 bits per heavy atom. The molecule has 2 amide bonds. The SMILES string of the molecule is COc1ccc2cc1OCCCCCC(=O)N(C)CCCNc1ncnc3c1/C(=C/N2)C(=O)N3. The van der Waals surface area contributed by atoms with Gasteiger partial charge in [0.15, 0.2) is 11.5 Å². The summed E-state index contributed by atoms with van der Waals surface area (Å²) in [5, 5.41) is 9.26. The summed E-state index contributed by atoms with van der Waals surface area (Å²) in [5.41, 5.74) is 1.79. The van der Waals surface area contributed by atoms with Crippen LogP contribution in [0.5, 0.6) is 11.5 Å². The number of hydrogen-bond acceptors (Lipinski definition) is 8. The summed E-state index contributed by atoms with van der Waals surface area (Å²) in [6, 6.07) is 5.50. The minimum atomic E-state index is -0.261. The maximum atomic E-state index is 12.6. The van der Waals surface area contributed by atoms with Crippen LogP contribution in [0.25, 0.3) is 5.57 Å². The highest BCUT2D eigenvalue weighted by Crippen LogP contribution is 2.35. The average Bonchev–Trinajstić information content (AvgIpc) is 3.17. The number of methoxy groups -OCH3 is 1. The molecule has 0 radical (unpaired) electrons. The summed E-state index contributed by atoms with van der Waals surface area (Å²) in [4.78, 5) is 35.3. The molecule has 0 fully saturated rings. The Hall–Kier alpha value is -3.82. The van der Waals surface area contributed by atoms with Crippen molar-refractivity contribution < 1.29 is 19.1 Å². The number of anilines is 3. The van der Waals surface area contributed by atoms with Gasteiger partial charge in [0.05, 0.1) is 24.9 Å². The molecule has 10 heteroatoms. The topological polar surface area (TPSA) is 118 Å². The Bertz CT molecular complexity index is 1090. The third kappa shape index (κ3) is 5.38. The minimum Gasteiger partial charge on any atom is -0.493 e. The number of aromatic nitrogens is 2. The van der Waals surface area contributed by atoms with Crippen molar-refractivity contribution in [3.63, 3.8) is 0 Å². The van der Waals surface area contributed by atoms with Crippen molar-refractivity contribution in [2.45, 2.75) is 32.1 Å². The lowest BCUT2D eigenvalue weighted by atomic mass is 10.1. The van der Waals surface area contributed by atoms with E-state index in [0.717, 1.165) is 31.4 Å². The van der Waals surface area contributed by atoms with Gasteiger partial charge in [-0.3, -0.25) is 9.59 Å². The van der Waals surface area contributed by atoms with Crippen molar-refractivity contribution >= 4 is 34.7 Å². The van der Waals surface area contributed by atoms with Crippen molar-refractivity contribution in [3.8, 4) is 11.5 Å². The van der Waals surface area contributed by atoms with Crippen LogP contribution in [0.2, 0.25) is 0 Å². The van der Waals surface area contributed by atoms with Gasteiger partial charge in [-0.05, 0) is 37.8 Å². The van der Waals surface area contributed by atoms with Gasteiger partial charge in [0.25, 0.3) is 5.91 Å². The molecule has 180 valence electrons. The molecule has 1 aromatic heterocycles. The zero-order valence-electron chi connectivity index (χ0n) is 19.5. The summed E-state index contributed by atoms with van der Waals surface area (Å²) in [7, 11) is 3.42. The molecule has 3 N–H and O–H groups in total. The maximum absolute atomic E-state index is 12.6. The first-order chi connectivity index (χ1) is 16.6. The van der Waals surface area contributed by atoms with Crippen LogP contribution in [0.4, 0.5) is 17.3 Å². The highest BCUT2D eigenvalue weighted by molar-refractivity contribution is 6.32. The van der Waals surface area contributed by atoms with Gasteiger partial charge in [-0.25, -0.2) is 9.97 Å². The molecule has 4 rings (SSSR count). The first-order valence-corrected chi connectivity index (χ1v) is 11.5. The lowest BCUT2D eigenvalue weighted by Gasteiger charge is -2.18. The number of nitrogens with one attached hydrogen (secondary N) is 3. The van der Waals surface area contributed by atoms with Crippen molar-refractivity contribution in [3.05, 3.63) is 36.3 Å². The average molecular weight is 467 g/mol. The molecule has 10 nitrogen and oxygen atoms in total. The molecule has 0 aliphatic carbocycles. The smallest absolute Gasteiger partial charge is 0.259 e. The summed E-state index contributed by atoms with van der Waals surface area (Å²) in [6.07, 6.45) is 6.90. The summed E-state index contributed by atoms with van der Waals surface area (Å²) in [6.45, 7) is 1.76. The van der Waals surface area contributed by atoms with Crippen LogP contribution in [0.1, 0.15) is 37.7 Å². The van der Waals surface area contributed by atoms with Gasteiger partial charge >= 0.3 is 0 Å². The predicted octanol–water partition coefficient (Wildman–Crippen LogP) is 3.10. The Morgan fingerprint density at radius 3 is 2.79 bits per heavy atom. The zero-order valence-corrected chi connectivity index (χ0v) is 19.5. The third-order valence-electron chi connectivity index (χ3n) is 5.82. The number of rotatable bonds is 1. The fourth-order valence-electron chi connectivity index (χ4n) is 3.91. The number of nitrogens with zero attached hydrogens (tertiary/aromatic N) is 3. The third-order valence-corrected chi connectivity index (χ3v) is 5.82. The summed E-state index contributed by atoms with van der Waals surface area (Å²) < 4.78 is 11.4. The Labute approximate surface area is 198 Å². The van der Waals surface area contributed by atoms with Crippen LogP contribution in [-0.4, -0.2) is 60.5 Å². The van der Waals surface area contributed by atoms with E-state index in [1.165, 1.54) is 6.33 Å². The van der Waals surface area contributed by atoms with E-state index in [2.05, 4.69) is 25.9 Å². The van der Waals surface area contributed by atoms with E-state index in [9.17, 15) is 9.59 Å². The van der Waals surface area contributed by atoms with Gasteiger partial charge in [0.2, 0.25) is 5.91 Å². The van der Waals surface area contributed by atoms with E-state index < -0.39 is 0 Å². The molecular formula is C24H30N6O4. The molecule has 1 aromatic carbocycles. The monoisotopic (exact) mass is 466 g/mol. The van der Waals surface area contributed by atoms with Gasteiger partial charge < -0.3 is 30.3 Å². The molecule has 0 saturated heterocycles. The van der Waals surface area contributed by atoms with E-state index in [4.69, 9.17) is 9.47 Å². The van der Waals surface area contributed by atoms with Crippen LogP contribution in [-0.2, 0) is 9.59 Å². The summed E-state index contributed by atoms with van der Waals surface area (Å²) in [5.74, 6) is 2.14. The molecular weight excluding hydrogens is 436 g/mol. The Balaban J connectivity index is 1.61. The fourth-order valence-corrected chi connectivity index (χ4v) is 3.91. The van der Waals surface area contributed by atoms with Gasteiger partial charge in [-0.1, -0.05) is 0 Å². The number of amides is 2. The van der Waals surface area contributed by atoms with E-state index >= 15 is 0 Å². The maximum Gasteiger partial charge on any atom is 0.259 e. The molecule has 0 atom stereocenters. The van der Waals surface area contributed by atoms with Crippen molar-refractivity contribution in [1.82, 2.24) is 14.9 Å². The Kier molecular flexibility index (Phi) is 7.46. The molecule has 2 aliphatic heterocycles. The molecule has 2 aromatic rings. The first kappa shape index (κ1) is 23.3. The van der Waals surface area contributed by atoms with Crippen LogP contribution in [0.15, 0.2) is 30.7 Å². The highest BCUT2D eigenvalue weighted by atomic mass is 16.5. The first-order valence-electron chi connectivity index (χ1n) is 11.5. The number of ether oxygens (including phenoxy) is 2. The van der Waals surface area contributed by atoms with Crippen LogP contribution in [0, 0.1) is 0 Å². The van der Waals surface area contributed by atoms with E-state index in [-0.39, 0.29) is 11.8 Å². The van der Waals surface area contributed by atoms with E-state index in [1.807, 2.05) is 25.2 Å². The van der Waals surface area contributed by atoms with Crippen molar-refractivity contribution in [2.75, 3.05) is 49.8 Å². The molecule has 0 unspecified atom stereocenters. The van der Waals surface area contributed by atoms with Crippen LogP contribution in [0.3, 0.4) is 0 Å². The Morgan fingerprint density at radius 1 is 1.09 bits per heavy atom. The van der Waals surface area contributed by atoms with Gasteiger partial charge in [0.1, 0.15) is 18.0 Å². The lowest BCUT2D eigenvalue weighted by Crippen LogP contribution is -2.28. The highest BCUT2D eigenvalue weighted by Gasteiger charge is 2.29. The number of carbonyl (C=O) groups is 2. The van der Waals surface area contributed by atoms with Gasteiger partial charge in [0, 0.05) is 44.5 Å². The minimum absolute atomic E-state index is 0.138. The predicted molar refractivity (Wildman–Crippen MR) is 130 cm³/mol. The molecule has 0 spiro atoms. The summed E-state index contributed by atoms with van der Waals surface area (Å²) >= 11 is 0. The second-order valence-corrected chi connectivity index (χ2v) is 8.22. The molecule has 2 bridgehead atoms. The van der Waals surface area contributed by atoms with E-state index in [0.29, 0.717) is 60.4 Å². The second kappa shape index (κ2) is 10.9. The van der Waals surface area contributed by atoms with Crippen LogP contribution < -0.4 is 25.4 Å².